The number of amides is 2. The van der Waals surface area contributed by atoms with E-state index >= 15 is 0 Å². The summed E-state index contributed by atoms with van der Waals surface area (Å²) in [6.07, 6.45) is 6.69. The molecule has 0 aliphatic rings. The third kappa shape index (κ3) is 5.72. The van der Waals surface area contributed by atoms with Crippen LogP contribution in [-0.2, 0) is 11.3 Å². The topological polar surface area (TPSA) is 104 Å². The van der Waals surface area contributed by atoms with Crippen LogP contribution in [-0.4, -0.2) is 45.6 Å². The number of rotatable bonds is 7. The fourth-order valence-electron chi connectivity index (χ4n) is 3.58. The largest absolute Gasteiger partial charge is 0.345 e. The van der Waals surface area contributed by atoms with Crippen molar-refractivity contribution < 1.29 is 9.59 Å². The Morgan fingerprint density at radius 1 is 1.06 bits per heavy atom. The molecule has 178 valence electrons. The highest BCUT2D eigenvalue weighted by Gasteiger charge is 2.16. The highest BCUT2D eigenvalue weighted by molar-refractivity contribution is 6.10. The number of carbonyl (C=O) groups is 2. The van der Waals surface area contributed by atoms with Gasteiger partial charge in [-0.3, -0.25) is 19.3 Å². The molecule has 4 rings (SSSR count). The van der Waals surface area contributed by atoms with E-state index < -0.39 is 5.91 Å². The molecule has 0 unspecified atom stereocenters. The third-order valence-electron chi connectivity index (χ3n) is 5.37. The summed E-state index contributed by atoms with van der Waals surface area (Å²) in [4.78, 5) is 30.6. The molecule has 8 nitrogen and oxygen atoms in total. The van der Waals surface area contributed by atoms with Crippen molar-refractivity contribution in [1.29, 1.82) is 5.26 Å². The number of anilines is 1. The molecule has 0 fully saturated rings. The van der Waals surface area contributed by atoms with Gasteiger partial charge in [-0.25, -0.2) is 0 Å². The maximum atomic E-state index is 12.9. The fourth-order valence-corrected chi connectivity index (χ4v) is 3.58. The molecule has 0 atom stereocenters. The highest BCUT2D eigenvalue weighted by Crippen LogP contribution is 2.24. The van der Waals surface area contributed by atoms with Crippen LogP contribution in [0.4, 0.5) is 5.69 Å². The van der Waals surface area contributed by atoms with Gasteiger partial charge in [-0.2, -0.15) is 10.4 Å². The lowest BCUT2D eigenvalue weighted by molar-refractivity contribution is -0.112. The van der Waals surface area contributed by atoms with Gasteiger partial charge in [-0.05, 0) is 48.0 Å². The molecule has 0 saturated heterocycles. The maximum absolute atomic E-state index is 12.9. The van der Waals surface area contributed by atoms with Crippen LogP contribution in [0.15, 0.2) is 90.9 Å². The standard InChI is InChI=1S/C28H24N6O2/c1-33(2)28(36)21-10-12-25(13-11-21)31-27(35)23(16-29)15-24-19-34(18-20-7-4-3-5-8-20)32-26(24)22-9-6-14-30-17-22/h3-15,17,19H,18H2,1-2H3,(H,31,35)/b23-15+. The summed E-state index contributed by atoms with van der Waals surface area (Å²) < 4.78 is 1.77. The molecular formula is C28H24N6O2. The number of hydrogen-bond acceptors (Lipinski definition) is 5. The molecule has 0 spiro atoms. The second-order valence-corrected chi connectivity index (χ2v) is 8.26. The van der Waals surface area contributed by atoms with Crippen LogP contribution in [0.3, 0.4) is 0 Å². The Hall–Kier alpha value is -5.03. The number of aromatic nitrogens is 3. The van der Waals surface area contributed by atoms with Crippen molar-refractivity contribution in [2.24, 2.45) is 0 Å². The Morgan fingerprint density at radius 2 is 1.81 bits per heavy atom. The Kier molecular flexibility index (Phi) is 7.32. The molecule has 2 heterocycles. The number of nitriles is 1. The van der Waals surface area contributed by atoms with E-state index in [9.17, 15) is 14.9 Å². The minimum atomic E-state index is -0.558. The molecule has 1 N–H and O–H groups in total. The zero-order valence-corrected chi connectivity index (χ0v) is 19.9. The molecule has 0 aliphatic heterocycles. The van der Waals surface area contributed by atoms with E-state index in [1.54, 1.807) is 55.4 Å². The van der Waals surface area contributed by atoms with Crippen molar-refractivity contribution in [3.8, 4) is 17.3 Å². The van der Waals surface area contributed by atoms with Gasteiger partial charge in [-0.1, -0.05) is 30.3 Å². The molecule has 4 aromatic rings. The Labute approximate surface area is 209 Å². The van der Waals surface area contributed by atoms with E-state index in [-0.39, 0.29) is 11.5 Å². The van der Waals surface area contributed by atoms with Gasteiger partial charge >= 0.3 is 0 Å². The van der Waals surface area contributed by atoms with Gasteiger partial charge < -0.3 is 10.2 Å². The average molecular weight is 477 g/mol. The van der Waals surface area contributed by atoms with E-state index in [1.165, 1.54) is 11.0 Å². The molecule has 2 amide bonds. The minimum Gasteiger partial charge on any atom is -0.345 e. The number of pyridine rings is 1. The highest BCUT2D eigenvalue weighted by atomic mass is 16.2. The number of nitrogens with zero attached hydrogens (tertiary/aromatic N) is 5. The number of carbonyl (C=O) groups excluding carboxylic acids is 2. The van der Waals surface area contributed by atoms with E-state index in [0.29, 0.717) is 29.1 Å². The predicted molar refractivity (Wildman–Crippen MR) is 138 cm³/mol. The number of benzene rings is 2. The molecule has 0 radical (unpaired) electrons. The lowest BCUT2D eigenvalue weighted by Gasteiger charge is -2.10. The smallest absolute Gasteiger partial charge is 0.266 e. The summed E-state index contributed by atoms with van der Waals surface area (Å²) in [6, 6.07) is 22.1. The molecule has 0 bridgehead atoms. The fraction of sp³-hybridized carbons (Fsp3) is 0.107. The van der Waals surface area contributed by atoms with Gasteiger partial charge in [0.05, 0.1) is 6.54 Å². The molecule has 0 saturated carbocycles. The van der Waals surface area contributed by atoms with Crippen LogP contribution in [0.25, 0.3) is 17.3 Å². The lowest BCUT2D eigenvalue weighted by Crippen LogP contribution is -2.21. The van der Waals surface area contributed by atoms with E-state index in [1.807, 2.05) is 54.7 Å². The summed E-state index contributed by atoms with van der Waals surface area (Å²) in [6.45, 7) is 0.536. The number of hydrogen-bond donors (Lipinski definition) is 1. The average Bonchev–Trinajstić information content (AvgIpc) is 3.30. The Morgan fingerprint density at radius 3 is 2.44 bits per heavy atom. The summed E-state index contributed by atoms with van der Waals surface area (Å²) >= 11 is 0. The Bertz CT molecular complexity index is 1430. The van der Waals surface area contributed by atoms with Gasteiger partial charge in [0.25, 0.3) is 11.8 Å². The molecular weight excluding hydrogens is 452 g/mol. The SMILES string of the molecule is CN(C)C(=O)c1ccc(NC(=O)/C(C#N)=C/c2cn(Cc3ccccc3)nc2-c2cccnc2)cc1. The Balaban J connectivity index is 1.61. The van der Waals surface area contributed by atoms with Crippen molar-refractivity contribution in [2.45, 2.75) is 6.54 Å². The van der Waals surface area contributed by atoms with E-state index in [4.69, 9.17) is 5.10 Å². The zero-order valence-electron chi connectivity index (χ0n) is 19.9. The predicted octanol–water partition coefficient (Wildman–Crippen LogP) is 4.24. The van der Waals surface area contributed by atoms with Gasteiger partial charge in [0.15, 0.2) is 0 Å². The minimum absolute atomic E-state index is 0.0761. The first kappa shape index (κ1) is 24.1. The van der Waals surface area contributed by atoms with Crippen molar-refractivity contribution in [2.75, 3.05) is 19.4 Å². The van der Waals surface area contributed by atoms with Gasteiger partial charge in [-0.15, -0.1) is 0 Å². The first-order chi connectivity index (χ1) is 17.4. The van der Waals surface area contributed by atoms with Crippen molar-refractivity contribution >= 4 is 23.6 Å². The van der Waals surface area contributed by atoms with Crippen LogP contribution < -0.4 is 5.32 Å². The summed E-state index contributed by atoms with van der Waals surface area (Å²) in [5.41, 5.74) is 3.98. The summed E-state index contributed by atoms with van der Waals surface area (Å²) in [5, 5.41) is 17.2. The zero-order chi connectivity index (χ0) is 25.5. The molecule has 0 aliphatic carbocycles. The normalized spacial score (nSPS) is 11.0. The van der Waals surface area contributed by atoms with Gasteiger partial charge in [0, 0.05) is 55.1 Å². The maximum Gasteiger partial charge on any atom is 0.266 e. The van der Waals surface area contributed by atoms with Crippen LogP contribution in [0.1, 0.15) is 21.5 Å². The molecule has 8 heteroatoms. The monoisotopic (exact) mass is 476 g/mol. The van der Waals surface area contributed by atoms with Crippen LogP contribution in [0, 0.1) is 11.3 Å². The van der Waals surface area contributed by atoms with Crippen LogP contribution in [0.2, 0.25) is 0 Å². The number of nitrogens with one attached hydrogen (secondary N) is 1. The second-order valence-electron chi connectivity index (χ2n) is 8.26. The lowest BCUT2D eigenvalue weighted by atomic mass is 10.1. The third-order valence-corrected chi connectivity index (χ3v) is 5.37. The van der Waals surface area contributed by atoms with Crippen LogP contribution in [0.5, 0.6) is 0 Å². The first-order valence-corrected chi connectivity index (χ1v) is 11.2. The van der Waals surface area contributed by atoms with Crippen molar-refractivity contribution in [3.63, 3.8) is 0 Å². The summed E-state index contributed by atoms with van der Waals surface area (Å²) in [5.74, 6) is -0.696. The van der Waals surface area contributed by atoms with Gasteiger partial charge in [0.2, 0.25) is 0 Å². The quantitative estimate of drug-likeness (QED) is 0.317. The first-order valence-electron chi connectivity index (χ1n) is 11.2. The molecule has 2 aromatic carbocycles. The second kappa shape index (κ2) is 10.9. The van der Waals surface area contributed by atoms with E-state index in [2.05, 4.69) is 10.3 Å². The molecule has 2 aromatic heterocycles. The van der Waals surface area contributed by atoms with Crippen LogP contribution >= 0.6 is 0 Å². The van der Waals surface area contributed by atoms with Crippen molar-refractivity contribution in [1.82, 2.24) is 19.7 Å². The van der Waals surface area contributed by atoms with E-state index in [0.717, 1.165) is 11.1 Å². The summed E-state index contributed by atoms with van der Waals surface area (Å²) in [7, 11) is 3.34. The van der Waals surface area contributed by atoms with Crippen molar-refractivity contribution in [3.05, 3.63) is 108 Å². The molecule has 36 heavy (non-hydrogen) atoms. The van der Waals surface area contributed by atoms with Gasteiger partial charge in [0.1, 0.15) is 17.3 Å².